The van der Waals surface area contributed by atoms with Gasteiger partial charge in [-0.05, 0) is 44.6 Å². The average molecular weight is 466 g/mol. The first-order valence-corrected chi connectivity index (χ1v) is 8.87. The largest absolute Gasteiger partial charge is 0.357 e. The second-order valence-corrected chi connectivity index (χ2v) is 6.54. The van der Waals surface area contributed by atoms with Crippen molar-refractivity contribution in [3.63, 3.8) is 0 Å². The third-order valence-corrected chi connectivity index (χ3v) is 3.90. The van der Waals surface area contributed by atoms with Gasteiger partial charge in [0.25, 0.3) is 0 Å². The molecule has 4 nitrogen and oxygen atoms in total. The smallest absolute Gasteiger partial charge is 0.191 e. The van der Waals surface area contributed by atoms with E-state index < -0.39 is 0 Å². The standard InChI is InChI=1S/C21H30N4.HI/c1-5-22-21(23-14-18-10-8-9-17(2)13-18)24-15-19-11-6-7-12-20(19)16-25(3)4;/h6-13H,5,14-16H2,1-4H3,(H2,22,23,24);1H. The van der Waals surface area contributed by atoms with Crippen molar-refractivity contribution in [2.45, 2.75) is 33.5 Å². The van der Waals surface area contributed by atoms with E-state index in [1.165, 1.54) is 22.3 Å². The van der Waals surface area contributed by atoms with Gasteiger partial charge in [-0.2, -0.15) is 0 Å². The SMILES string of the molecule is CCNC(=NCc1cccc(C)c1)NCc1ccccc1CN(C)C.I. The van der Waals surface area contributed by atoms with Crippen LogP contribution < -0.4 is 10.6 Å². The van der Waals surface area contributed by atoms with Gasteiger partial charge in [0.1, 0.15) is 0 Å². The second kappa shape index (κ2) is 11.9. The maximum absolute atomic E-state index is 4.71. The van der Waals surface area contributed by atoms with Gasteiger partial charge in [0.05, 0.1) is 6.54 Å². The summed E-state index contributed by atoms with van der Waals surface area (Å²) in [7, 11) is 4.19. The number of hydrogen-bond acceptors (Lipinski definition) is 2. The summed E-state index contributed by atoms with van der Waals surface area (Å²) in [6, 6.07) is 17.0. The van der Waals surface area contributed by atoms with E-state index in [0.717, 1.165) is 25.6 Å². The molecular weight excluding hydrogens is 435 g/mol. The predicted octanol–water partition coefficient (Wildman–Crippen LogP) is 3.93. The summed E-state index contributed by atoms with van der Waals surface area (Å²) in [5.74, 6) is 0.851. The van der Waals surface area contributed by atoms with E-state index in [2.05, 4.69) is 92.0 Å². The molecule has 0 bridgehead atoms. The summed E-state index contributed by atoms with van der Waals surface area (Å²) < 4.78 is 0. The zero-order chi connectivity index (χ0) is 18.1. The first-order chi connectivity index (χ1) is 12.1. The highest BCUT2D eigenvalue weighted by Crippen LogP contribution is 2.10. The van der Waals surface area contributed by atoms with Crippen LogP contribution in [0.2, 0.25) is 0 Å². The number of rotatable bonds is 7. The molecule has 0 unspecified atom stereocenters. The minimum absolute atomic E-state index is 0. The Morgan fingerprint density at radius 1 is 1.00 bits per heavy atom. The van der Waals surface area contributed by atoms with Crippen LogP contribution in [-0.4, -0.2) is 31.5 Å². The van der Waals surface area contributed by atoms with Crippen LogP contribution in [0.25, 0.3) is 0 Å². The lowest BCUT2D eigenvalue weighted by molar-refractivity contribution is 0.400. The molecule has 0 aromatic heterocycles. The van der Waals surface area contributed by atoms with Crippen LogP contribution in [0.5, 0.6) is 0 Å². The molecule has 5 heteroatoms. The van der Waals surface area contributed by atoms with Crippen LogP contribution in [0.4, 0.5) is 0 Å². The molecular formula is C21H31IN4. The number of aliphatic imine (C=N–C) groups is 1. The molecule has 0 aliphatic carbocycles. The van der Waals surface area contributed by atoms with E-state index in [1.54, 1.807) is 0 Å². The number of aryl methyl sites for hydroxylation is 1. The normalized spacial score (nSPS) is 11.2. The highest BCUT2D eigenvalue weighted by atomic mass is 127. The van der Waals surface area contributed by atoms with E-state index in [-0.39, 0.29) is 24.0 Å². The Bertz CT molecular complexity index is 698. The van der Waals surface area contributed by atoms with E-state index in [9.17, 15) is 0 Å². The lowest BCUT2D eigenvalue weighted by Gasteiger charge is -2.16. The van der Waals surface area contributed by atoms with Gasteiger partial charge in [0.2, 0.25) is 0 Å². The zero-order valence-corrected chi connectivity index (χ0v) is 18.6. The fourth-order valence-corrected chi connectivity index (χ4v) is 2.73. The van der Waals surface area contributed by atoms with Crippen molar-refractivity contribution in [1.82, 2.24) is 15.5 Å². The third kappa shape index (κ3) is 7.74. The summed E-state index contributed by atoms with van der Waals surface area (Å²) in [4.78, 5) is 6.90. The van der Waals surface area contributed by atoms with Crippen LogP contribution in [0.15, 0.2) is 53.5 Å². The molecule has 2 N–H and O–H groups in total. The van der Waals surface area contributed by atoms with Crippen molar-refractivity contribution in [3.8, 4) is 0 Å². The Kier molecular flexibility index (Phi) is 10.3. The monoisotopic (exact) mass is 466 g/mol. The number of benzene rings is 2. The van der Waals surface area contributed by atoms with Gasteiger partial charge in [-0.1, -0.05) is 54.1 Å². The van der Waals surface area contributed by atoms with Crippen molar-refractivity contribution in [3.05, 3.63) is 70.8 Å². The van der Waals surface area contributed by atoms with Gasteiger partial charge >= 0.3 is 0 Å². The van der Waals surface area contributed by atoms with Gasteiger partial charge in [-0.15, -0.1) is 24.0 Å². The molecule has 2 aromatic rings. The number of halogens is 1. The third-order valence-electron chi connectivity index (χ3n) is 3.90. The Balaban J connectivity index is 0.00000338. The quantitative estimate of drug-likeness (QED) is 0.369. The van der Waals surface area contributed by atoms with Gasteiger partial charge in [-0.3, -0.25) is 0 Å². The maximum atomic E-state index is 4.71. The van der Waals surface area contributed by atoms with Gasteiger partial charge in [-0.25, -0.2) is 4.99 Å². The molecule has 0 aliphatic heterocycles. The fourth-order valence-electron chi connectivity index (χ4n) is 2.73. The Hall–Kier alpha value is -1.60. The molecule has 0 saturated heterocycles. The summed E-state index contributed by atoms with van der Waals surface area (Å²) in [5.41, 5.74) is 5.14. The molecule has 2 aromatic carbocycles. The number of nitrogens with zero attached hydrogens (tertiary/aromatic N) is 2. The molecule has 26 heavy (non-hydrogen) atoms. The first-order valence-electron chi connectivity index (χ1n) is 8.87. The van der Waals surface area contributed by atoms with E-state index in [4.69, 9.17) is 4.99 Å². The molecule has 0 radical (unpaired) electrons. The lowest BCUT2D eigenvalue weighted by atomic mass is 10.1. The van der Waals surface area contributed by atoms with Gasteiger partial charge in [0.15, 0.2) is 5.96 Å². The first kappa shape index (κ1) is 22.4. The molecule has 0 amide bonds. The molecule has 0 aliphatic rings. The summed E-state index contributed by atoms with van der Waals surface area (Å²) in [6.07, 6.45) is 0. The van der Waals surface area contributed by atoms with Crippen molar-refractivity contribution in [2.24, 2.45) is 4.99 Å². The van der Waals surface area contributed by atoms with Crippen molar-refractivity contribution in [1.29, 1.82) is 0 Å². The summed E-state index contributed by atoms with van der Waals surface area (Å²) >= 11 is 0. The minimum atomic E-state index is 0. The van der Waals surface area contributed by atoms with E-state index in [0.29, 0.717) is 6.54 Å². The molecule has 0 fully saturated rings. The van der Waals surface area contributed by atoms with Crippen molar-refractivity contribution < 1.29 is 0 Å². The number of hydrogen-bond donors (Lipinski definition) is 2. The molecule has 0 heterocycles. The second-order valence-electron chi connectivity index (χ2n) is 6.54. The van der Waals surface area contributed by atoms with E-state index >= 15 is 0 Å². The Morgan fingerprint density at radius 3 is 2.38 bits per heavy atom. The fraction of sp³-hybridized carbons (Fsp3) is 0.381. The average Bonchev–Trinajstić information content (AvgIpc) is 2.58. The molecule has 2 rings (SSSR count). The van der Waals surface area contributed by atoms with Crippen LogP contribution in [0.1, 0.15) is 29.2 Å². The lowest BCUT2D eigenvalue weighted by Crippen LogP contribution is -2.37. The maximum Gasteiger partial charge on any atom is 0.191 e. The van der Waals surface area contributed by atoms with Gasteiger partial charge < -0.3 is 15.5 Å². The Labute approximate surface area is 175 Å². The molecule has 0 atom stereocenters. The summed E-state index contributed by atoms with van der Waals surface area (Å²) in [5, 5.41) is 6.78. The molecule has 0 spiro atoms. The highest BCUT2D eigenvalue weighted by Gasteiger charge is 2.04. The molecule has 142 valence electrons. The Morgan fingerprint density at radius 2 is 1.73 bits per heavy atom. The topological polar surface area (TPSA) is 39.7 Å². The predicted molar refractivity (Wildman–Crippen MR) is 122 cm³/mol. The zero-order valence-electron chi connectivity index (χ0n) is 16.2. The van der Waals surface area contributed by atoms with Crippen molar-refractivity contribution in [2.75, 3.05) is 20.6 Å². The van der Waals surface area contributed by atoms with Gasteiger partial charge in [0, 0.05) is 19.6 Å². The van der Waals surface area contributed by atoms with Crippen LogP contribution >= 0.6 is 24.0 Å². The molecule has 0 saturated carbocycles. The number of guanidine groups is 1. The van der Waals surface area contributed by atoms with Crippen LogP contribution in [0.3, 0.4) is 0 Å². The van der Waals surface area contributed by atoms with Crippen LogP contribution in [-0.2, 0) is 19.6 Å². The van der Waals surface area contributed by atoms with Crippen molar-refractivity contribution >= 4 is 29.9 Å². The minimum Gasteiger partial charge on any atom is -0.357 e. The highest BCUT2D eigenvalue weighted by molar-refractivity contribution is 14.0. The summed E-state index contributed by atoms with van der Waals surface area (Å²) in [6.45, 7) is 7.43. The number of nitrogens with one attached hydrogen (secondary N) is 2. The van der Waals surface area contributed by atoms with Crippen LogP contribution in [0, 0.1) is 6.92 Å². The van der Waals surface area contributed by atoms with E-state index in [1.807, 2.05) is 0 Å².